The lowest BCUT2D eigenvalue weighted by Gasteiger charge is -2.06. The minimum Gasteiger partial charge on any atom is -0.435 e. The van der Waals surface area contributed by atoms with Crippen LogP contribution in [0.5, 0.6) is 11.6 Å². The second-order valence-electron chi connectivity index (χ2n) is 3.94. The molecule has 0 atom stereocenters. The van der Waals surface area contributed by atoms with Crippen molar-refractivity contribution in [2.45, 2.75) is 6.92 Å². The van der Waals surface area contributed by atoms with Crippen molar-refractivity contribution < 1.29 is 9.53 Å². The van der Waals surface area contributed by atoms with Crippen LogP contribution in [0.25, 0.3) is 0 Å². The molecule has 6 heteroatoms. The van der Waals surface area contributed by atoms with E-state index < -0.39 is 0 Å². The lowest BCUT2D eigenvalue weighted by molar-refractivity contribution is 0.102. The minimum atomic E-state index is -0.315. The normalized spacial score (nSPS) is 12.9. The van der Waals surface area contributed by atoms with E-state index >= 15 is 0 Å². The summed E-state index contributed by atoms with van der Waals surface area (Å²) in [6.45, 7) is 1.94. The maximum Gasteiger partial charge on any atom is 0.261 e. The number of hydrogen-bond acceptors (Lipinski definition) is 4. The maximum absolute atomic E-state index is 12.0. The number of hydrogen-bond donors (Lipinski definition) is 1. The minimum absolute atomic E-state index is 0.148. The predicted molar refractivity (Wildman–Crippen MR) is 66.2 cm³/mol. The van der Waals surface area contributed by atoms with E-state index in [1.165, 1.54) is 6.07 Å². The second-order valence-corrected chi connectivity index (χ2v) is 4.33. The Morgan fingerprint density at radius 3 is 2.94 bits per heavy atom. The number of anilines is 1. The fourth-order valence-electron chi connectivity index (χ4n) is 1.71. The molecule has 0 saturated heterocycles. The van der Waals surface area contributed by atoms with Gasteiger partial charge in [0.2, 0.25) is 0 Å². The average Bonchev–Trinajstić information content (AvgIpc) is 2.46. The quantitative estimate of drug-likeness (QED) is 0.792. The number of ether oxygens (including phenoxy) is 1. The number of rotatable bonds is 0. The molecule has 0 unspecified atom stereocenters. The highest BCUT2D eigenvalue weighted by molar-refractivity contribution is 6.29. The number of aromatic nitrogens is 2. The van der Waals surface area contributed by atoms with Gasteiger partial charge in [-0.05, 0) is 30.7 Å². The summed E-state index contributed by atoms with van der Waals surface area (Å²) in [5, 5.41) is 10.4. The summed E-state index contributed by atoms with van der Waals surface area (Å²) in [6, 6.07) is 6.92. The van der Waals surface area contributed by atoms with Crippen LogP contribution in [0.1, 0.15) is 15.9 Å². The van der Waals surface area contributed by atoms with Gasteiger partial charge in [0, 0.05) is 0 Å². The molecule has 0 aliphatic carbocycles. The highest BCUT2D eigenvalue weighted by atomic mass is 35.5. The number of amides is 1. The van der Waals surface area contributed by atoms with Crippen molar-refractivity contribution in [3.63, 3.8) is 0 Å². The first-order valence-electron chi connectivity index (χ1n) is 5.26. The van der Waals surface area contributed by atoms with Crippen molar-refractivity contribution in [1.29, 1.82) is 0 Å². The van der Waals surface area contributed by atoms with Crippen molar-refractivity contribution in [2.75, 3.05) is 5.32 Å². The van der Waals surface area contributed by atoms with E-state index in [2.05, 4.69) is 15.5 Å². The van der Waals surface area contributed by atoms with E-state index in [9.17, 15) is 4.79 Å². The standard InChI is InChI=1S/C12H8ClN3O2/c1-6-2-3-8-9(4-6)18-12-7(11(17)14-8)5-10(13)15-16-12/h2-5H,1H3,(H,14,17). The third kappa shape index (κ3) is 1.78. The van der Waals surface area contributed by atoms with Gasteiger partial charge in [-0.1, -0.05) is 17.7 Å². The van der Waals surface area contributed by atoms with Crippen LogP contribution in [0, 0.1) is 6.92 Å². The van der Waals surface area contributed by atoms with Gasteiger partial charge < -0.3 is 10.1 Å². The van der Waals surface area contributed by atoms with Gasteiger partial charge in [0.05, 0.1) is 5.69 Å². The number of carbonyl (C=O) groups is 1. The van der Waals surface area contributed by atoms with Gasteiger partial charge in [0.25, 0.3) is 11.8 Å². The SMILES string of the molecule is Cc1ccc2c(c1)Oc1nnc(Cl)cc1C(=O)N2. The number of halogens is 1. The second kappa shape index (κ2) is 3.96. The smallest absolute Gasteiger partial charge is 0.261 e. The van der Waals surface area contributed by atoms with Gasteiger partial charge in [0.15, 0.2) is 10.9 Å². The van der Waals surface area contributed by atoms with E-state index in [0.717, 1.165) is 5.56 Å². The lowest BCUT2D eigenvalue weighted by atomic mass is 10.2. The molecule has 0 saturated carbocycles. The highest BCUT2D eigenvalue weighted by Crippen LogP contribution is 2.35. The monoisotopic (exact) mass is 261 g/mol. The zero-order chi connectivity index (χ0) is 12.7. The molecule has 1 aromatic carbocycles. The summed E-state index contributed by atoms with van der Waals surface area (Å²) in [4.78, 5) is 12.0. The average molecular weight is 262 g/mol. The Balaban J connectivity index is 2.17. The Bertz CT molecular complexity index is 658. The Morgan fingerprint density at radius 2 is 2.11 bits per heavy atom. The summed E-state index contributed by atoms with van der Waals surface area (Å²) in [5.74, 6) is 0.379. The highest BCUT2D eigenvalue weighted by Gasteiger charge is 2.22. The zero-order valence-corrected chi connectivity index (χ0v) is 10.2. The molecule has 1 amide bonds. The Morgan fingerprint density at radius 1 is 1.28 bits per heavy atom. The molecule has 2 aromatic rings. The van der Waals surface area contributed by atoms with Crippen molar-refractivity contribution >= 4 is 23.2 Å². The third-order valence-electron chi connectivity index (χ3n) is 2.57. The molecular formula is C12H8ClN3O2. The maximum atomic E-state index is 12.0. The van der Waals surface area contributed by atoms with Gasteiger partial charge in [-0.2, -0.15) is 0 Å². The fraction of sp³-hybridized carbons (Fsp3) is 0.0833. The molecule has 2 heterocycles. The molecule has 0 radical (unpaired) electrons. The first-order chi connectivity index (χ1) is 8.63. The molecule has 5 nitrogen and oxygen atoms in total. The first kappa shape index (κ1) is 11.0. The molecular weight excluding hydrogens is 254 g/mol. The van der Waals surface area contributed by atoms with E-state index in [1.807, 2.05) is 19.1 Å². The van der Waals surface area contributed by atoms with E-state index in [4.69, 9.17) is 16.3 Å². The van der Waals surface area contributed by atoms with Crippen molar-refractivity contribution in [2.24, 2.45) is 0 Å². The molecule has 1 aromatic heterocycles. The number of aryl methyl sites for hydroxylation is 1. The number of carbonyl (C=O) groups excluding carboxylic acids is 1. The van der Waals surface area contributed by atoms with Crippen LogP contribution >= 0.6 is 11.6 Å². The summed E-state index contributed by atoms with van der Waals surface area (Å²) < 4.78 is 5.59. The zero-order valence-electron chi connectivity index (χ0n) is 9.40. The summed E-state index contributed by atoms with van der Waals surface area (Å²) in [5.41, 5.74) is 1.89. The Hall–Kier alpha value is -2.14. The summed E-state index contributed by atoms with van der Waals surface area (Å²) in [7, 11) is 0. The molecule has 0 spiro atoms. The van der Waals surface area contributed by atoms with Crippen LogP contribution in [0.3, 0.4) is 0 Å². The molecule has 1 aliphatic heterocycles. The molecule has 3 rings (SSSR count). The fourth-order valence-corrected chi connectivity index (χ4v) is 1.85. The molecule has 90 valence electrons. The summed E-state index contributed by atoms with van der Waals surface area (Å²) >= 11 is 5.72. The van der Waals surface area contributed by atoms with Crippen molar-refractivity contribution in [3.8, 4) is 11.6 Å². The molecule has 1 N–H and O–H groups in total. The third-order valence-corrected chi connectivity index (χ3v) is 2.75. The predicted octanol–water partition coefficient (Wildman–Crippen LogP) is 2.80. The largest absolute Gasteiger partial charge is 0.435 e. The molecule has 18 heavy (non-hydrogen) atoms. The van der Waals surface area contributed by atoms with Crippen molar-refractivity contribution in [3.05, 3.63) is 40.5 Å². The number of fused-ring (bicyclic) bond motifs is 2. The van der Waals surface area contributed by atoms with E-state index in [0.29, 0.717) is 11.4 Å². The first-order valence-corrected chi connectivity index (χ1v) is 5.64. The lowest BCUT2D eigenvalue weighted by Crippen LogP contribution is -2.11. The van der Waals surface area contributed by atoms with Gasteiger partial charge in [-0.15, -0.1) is 10.2 Å². The van der Waals surface area contributed by atoms with Crippen LogP contribution in [0.2, 0.25) is 5.15 Å². The number of benzene rings is 1. The van der Waals surface area contributed by atoms with Gasteiger partial charge in [-0.25, -0.2) is 0 Å². The van der Waals surface area contributed by atoms with Crippen LogP contribution in [-0.4, -0.2) is 16.1 Å². The molecule has 0 fully saturated rings. The van der Waals surface area contributed by atoms with Crippen LogP contribution in [0.4, 0.5) is 5.69 Å². The Labute approximate surface area is 108 Å². The summed E-state index contributed by atoms with van der Waals surface area (Å²) in [6.07, 6.45) is 0. The molecule has 1 aliphatic rings. The topological polar surface area (TPSA) is 64.1 Å². The number of nitrogens with zero attached hydrogens (tertiary/aromatic N) is 2. The van der Waals surface area contributed by atoms with Gasteiger partial charge in [0.1, 0.15) is 5.56 Å². The Kier molecular flexibility index (Phi) is 2.41. The van der Waals surface area contributed by atoms with E-state index in [1.54, 1.807) is 6.07 Å². The van der Waals surface area contributed by atoms with Crippen LogP contribution < -0.4 is 10.1 Å². The van der Waals surface area contributed by atoms with Gasteiger partial charge >= 0.3 is 0 Å². The van der Waals surface area contributed by atoms with E-state index in [-0.39, 0.29) is 22.5 Å². The molecule has 0 bridgehead atoms. The number of nitrogens with one attached hydrogen (secondary N) is 1. The van der Waals surface area contributed by atoms with Crippen LogP contribution in [0.15, 0.2) is 24.3 Å². The van der Waals surface area contributed by atoms with Crippen molar-refractivity contribution in [1.82, 2.24) is 10.2 Å². The van der Waals surface area contributed by atoms with Gasteiger partial charge in [-0.3, -0.25) is 4.79 Å². The van der Waals surface area contributed by atoms with Crippen LogP contribution in [-0.2, 0) is 0 Å².